The highest BCUT2D eigenvalue weighted by Gasteiger charge is 2.39. The van der Waals surface area contributed by atoms with Gasteiger partial charge in [-0.25, -0.2) is 0 Å². The van der Waals surface area contributed by atoms with E-state index in [1.54, 1.807) is 12.1 Å². The molecule has 2 atom stereocenters. The number of carbonyl (C=O) groups is 2. The molecule has 0 fully saturated rings. The van der Waals surface area contributed by atoms with Gasteiger partial charge >= 0.3 is 5.97 Å². The van der Waals surface area contributed by atoms with Crippen LogP contribution in [0.3, 0.4) is 0 Å². The summed E-state index contributed by atoms with van der Waals surface area (Å²) >= 11 is 0. The van der Waals surface area contributed by atoms with Gasteiger partial charge in [0.2, 0.25) is 0 Å². The Balaban J connectivity index is 2.37. The van der Waals surface area contributed by atoms with Crippen LogP contribution in [0.2, 0.25) is 12.6 Å². The molecule has 2 aromatic carbocycles. The van der Waals surface area contributed by atoms with Crippen LogP contribution >= 0.6 is 0 Å². The van der Waals surface area contributed by atoms with Crippen molar-refractivity contribution in [1.29, 1.82) is 0 Å². The van der Waals surface area contributed by atoms with Gasteiger partial charge in [0.1, 0.15) is 8.07 Å². The second kappa shape index (κ2) is 9.51. The smallest absolute Gasteiger partial charge is 0.303 e. The summed E-state index contributed by atoms with van der Waals surface area (Å²) in [6.45, 7) is 6.47. The number of carboxylic acid groups (broad SMARTS) is 1. The van der Waals surface area contributed by atoms with Crippen LogP contribution in [0.15, 0.2) is 60.7 Å². The molecule has 27 heavy (non-hydrogen) atoms. The zero-order valence-electron chi connectivity index (χ0n) is 16.3. The van der Waals surface area contributed by atoms with Crippen molar-refractivity contribution >= 4 is 25.1 Å². The number of amides is 1. The van der Waals surface area contributed by atoms with Gasteiger partial charge in [-0.3, -0.25) is 9.59 Å². The summed E-state index contributed by atoms with van der Waals surface area (Å²) in [4.78, 5) is 24.1. The molecule has 0 radical (unpaired) electrons. The van der Waals surface area contributed by atoms with Crippen molar-refractivity contribution in [2.24, 2.45) is 5.92 Å². The quantitative estimate of drug-likeness (QED) is 0.647. The molecule has 5 heteroatoms. The van der Waals surface area contributed by atoms with Crippen molar-refractivity contribution in [3.05, 3.63) is 66.2 Å². The van der Waals surface area contributed by atoms with Crippen LogP contribution in [0.25, 0.3) is 0 Å². The molecule has 0 aliphatic carbocycles. The van der Waals surface area contributed by atoms with Gasteiger partial charge in [0.15, 0.2) is 0 Å². The van der Waals surface area contributed by atoms with E-state index < -0.39 is 14.0 Å². The summed E-state index contributed by atoms with van der Waals surface area (Å²) in [5, 5.41) is 13.7. The van der Waals surface area contributed by atoms with Crippen LogP contribution in [0.1, 0.15) is 37.0 Å². The van der Waals surface area contributed by atoms with Crippen molar-refractivity contribution in [1.82, 2.24) is 5.32 Å². The van der Waals surface area contributed by atoms with E-state index in [1.165, 1.54) is 5.19 Å². The van der Waals surface area contributed by atoms with E-state index in [1.807, 2.05) is 36.4 Å². The number of benzene rings is 2. The lowest BCUT2D eigenvalue weighted by Crippen LogP contribution is -2.62. The molecule has 2 unspecified atom stereocenters. The Morgan fingerprint density at radius 2 is 1.56 bits per heavy atom. The van der Waals surface area contributed by atoms with Gasteiger partial charge in [0.25, 0.3) is 5.91 Å². The van der Waals surface area contributed by atoms with Crippen molar-refractivity contribution in [3.8, 4) is 0 Å². The first-order valence-corrected chi connectivity index (χ1v) is 12.2. The van der Waals surface area contributed by atoms with Gasteiger partial charge < -0.3 is 10.4 Å². The maximum atomic E-state index is 12.8. The highest BCUT2D eigenvalue weighted by Crippen LogP contribution is 2.23. The van der Waals surface area contributed by atoms with Crippen molar-refractivity contribution in [2.45, 2.75) is 44.9 Å². The molecule has 2 aromatic rings. The molecule has 0 bridgehead atoms. The van der Waals surface area contributed by atoms with E-state index >= 15 is 0 Å². The highest BCUT2D eigenvalue weighted by molar-refractivity contribution is 6.92. The van der Waals surface area contributed by atoms with Gasteiger partial charge in [-0.15, -0.1) is 0 Å². The van der Waals surface area contributed by atoms with Gasteiger partial charge in [-0.05, 0) is 30.5 Å². The second-order valence-corrected chi connectivity index (χ2v) is 12.3. The minimum absolute atomic E-state index is 0.0352. The van der Waals surface area contributed by atoms with E-state index in [0.29, 0.717) is 17.5 Å². The number of carboxylic acids is 1. The summed E-state index contributed by atoms with van der Waals surface area (Å²) in [6, 6.07) is 19.9. The second-order valence-electron chi connectivity index (χ2n) is 7.70. The molecule has 144 valence electrons. The molecular formula is C22H29NO3Si. The van der Waals surface area contributed by atoms with E-state index in [-0.39, 0.29) is 18.0 Å². The monoisotopic (exact) mass is 383 g/mol. The molecule has 2 rings (SSSR count). The molecule has 0 heterocycles. The molecular weight excluding hydrogens is 354 g/mol. The normalized spacial score (nSPS) is 14.4. The molecule has 0 saturated heterocycles. The van der Waals surface area contributed by atoms with Crippen LogP contribution in [0.5, 0.6) is 0 Å². The van der Waals surface area contributed by atoms with Crippen molar-refractivity contribution in [2.75, 3.05) is 0 Å². The largest absolute Gasteiger partial charge is 0.481 e. The summed E-state index contributed by atoms with van der Waals surface area (Å²) in [6.07, 6.45) is 0.948. The van der Waals surface area contributed by atoms with Crippen LogP contribution in [-0.4, -0.2) is 30.7 Å². The Kier molecular flexibility index (Phi) is 7.36. The average molecular weight is 384 g/mol. The zero-order chi connectivity index (χ0) is 19.9. The van der Waals surface area contributed by atoms with Gasteiger partial charge in [0.05, 0.1) is 0 Å². The molecule has 1 amide bonds. The third kappa shape index (κ3) is 5.79. The minimum atomic E-state index is -2.29. The van der Waals surface area contributed by atoms with Gasteiger partial charge in [-0.1, -0.05) is 74.1 Å². The third-order valence-electron chi connectivity index (χ3n) is 5.11. The van der Waals surface area contributed by atoms with Gasteiger partial charge in [0, 0.05) is 17.6 Å². The van der Waals surface area contributed by atoms with Crippen molar-refractivity contribution in [3.63, 3.8) is 0 Å². The highest BCUT2D eigenvalue weighted by atomic mass is 28.3. The summed E-state index contributed by atoms with van der Waals surface area (Å²) in [5.41, 5.74) is 0.598. The van der Waals surface area contributed by atoms with E-state index in [0.717, 1.165) is 6.42 Å². The maximum absolute atomic E-state index is 12.8. The fraction of sp³-hybridized carbons (Fsp3) is 0.364. The summed E-state index contributed by atoms with van der Waals surface area (Å²) in [5.74, 6) is -0.486. The summed E-state index contributed by atoms with van der Waals surface area (Å²) < 4.78 is 0. The molecule has 4 nitrogen and oxygen atoms in total. The van der Waals surface area contributed by atoms with Crippen LogP contribution in [0, 0.1) is 5.92 Å². The summed E-state index contributed by atoms with van der Waals surface area (Å²) in [7, 11) is -2.29. The number of hydrogen-bond donors (Lipinski definition) is 2. The first-order valence-electron chi connectivity index (χ1n) is 9.46. The Labute approximate surface area is 162 Å². The third-order valence-corrected chi connectivity index (χ3v) is 9.97. The number of rotatable bonds is 9. The Morgan fingerprint density at radius 1 is 1.00 bits per heavy atom. The molecule has 0 aromatic heterocycles. The first-order chi connectivity index (χ1) is 12.8. The predicted octanol–water partition coefficient (Wildman–Crippen LogP) is 3.83. The van der Waals surface area contributed by atoms with E-state index in [2.05, 4.69) is 37.8 Å². The van der Waals surface area contributed by atoms with E-state index in [9.17, 15) is 14.7 Å². The molecule has 2 N–H and O–H groups in total. The maximum Gasteiger partial charge on any atom is 0.303 e. The molecule has 0 spiro atoms. The molecule has 0 aliphatic rings. The van der Waals surface area contributed by atoms with Crippen LogP contribution < -0.4 is 10.5 Å². The average Bonchev–Trinajstić information content (AvgIpc) is 2.66. The standard InChI is InChI=1S/C22H29NO3Si/c1-17(2)16-20(23-22(26)18-10-6-4-7-11-18)27(3,15-14-21(24)25)19-12-8-5-9-13-19/h4-13,17,20H,14-16H2,1-3H3,(H,23,26)(H,24,25). The van der Waals surface area contributed by atoms with Crippen molar-refractivity contribution < 1.29 is 14.7 Å². The lowest BCUT2D eigenvalue weighted by molar-refractivity contribution is -0.136. The number of nitrogens with one attached hydrogen (secondary N) is 1. The molecule has 0 aliphatic heterocycles. The fourth-order valence-corrected chi connectivity index (χ4v) is 7.65. The minimum Gasteiger partial charge on any atom is -0.481 e. The Morgan fingerprint density at radius 3 is 2.07 bits per heavy atom. The molecule has 0 saturated carbocycles. The van der Waals surface area contributed by atoms with Gasteiger partial charge in [-0.2, -0.15) is 0 Å². The van der Waals surface area contributed by atoms with E-state index in [4.69, 9.17) is 0 Å². The Bertz CT molecular complexity index is 749. The number of carbonyl (C=O) groups excluding carboxylic acids is 1. The zero-order valence-corrected chi connectivity index (χ0v) is 17.3. The van der Waals surface area contributed by atoms with Crippen LogP contribution in [0.4, 0.5) is 0 Å². The lowest BCUT2D eigenvalue weighted by Gasteiger charge is -2.38. The van der Waals surface area contributed by atoms with Crippen LogP contribution in [-0.2, 0) is 4.79 Å². The predicted molar refractivity (Wildman–Crippen MR) is 112 cm³/mol. The Hall–Kier alpha value is -2.40. The number of hydrogen-bond acceptors (Lipinski definition) is 2. The first kappa shape index (κ1) is 20.9. The topological polar surface area (TPSA) is 66.4 Å². The fourth-order valence-electron chi connectivity index (χ4n) is 3.49. The lowest BCUT2D eigenvalue weighted by atomic mass is 10.1. The SMILES string of the molecule is CC(C)CC(NC(=O)c1ccccc1)[Si](C)(CCC(=O)O)c1ccccc1. The number of aliphatic carboxylic acids is 1.